The van der Waals surface area contributed by atoms with E-state index in [1.807, 2.05) is 6.08 Å². The molecule has 0 bridgehead atoms. The normalized spacial score (nSPS) is 12.8. The van der Waals surface area contributed by atoms with E-state index in [9.17, 15) is 14.4 Å². The van der Waals surface area contributed by atoms with Gasteiger partial charge in [0, 0.05) is 19.3 Å². The third kappa shape index (κ3) is 64.8. The maximum Gasteiger partial charge on any atom is 0.306 e. The average Bonchev–Trinajstić information content (AvgIpc) is 3.45. The van der Waals surface area contributed by atoms with Crippen LogP contribution in [0.5, 0.6) is 0 Å². The second-order valence-corrected chi connectivity index (χ2v) is 22.0. The Hall–Kier alpha value is -3.93. The van der Waals surface area contributed by atoms with Crippen LogP contribution in [0.15, 0.2) is 109 Å². The number of rotatable bonds is 60. The zero-order valence-electron chi connectivity index (χ0n) is 51.9. The molecule has 1 atom stereocenters. The van der Waals surface area contributed by atoms with Crippen LogP contribution in [0.1, 0.15) is 316 Å². The van der Waals surface area contributed by atoms with Gasteiger partial charge in [0.05, 0.1) is 0 Å². The van der Waals surface area contributed by atoms with E-state index in [0.29, 0.717) is 19.3 Å². The summed E-state index contributed by atoms with van der Waals surface area (Å²) < 4.78 is 16.9. The third-order valence-electron chi connectivity index (χ3n) is 14.2. The lowest BCUT2D eigenvalue weighted by Crippen LogP contribution is -2.30. The molecule has 0 aromatic heterocycles. The fraction of sp³-hybridized carbons (Fsp3) is 0.712. The molecule has 0 fully saturated rings. The molecule has 0 aliphatic heterocycles. The van der Waals surface area contributed by atoms with E-state index in [2.05, 4.69) is 124 Å². The number of allylic oxidation sites excluding steroid dienone is 18. The molecule has 0 heterocycles. The molecule has 79 heavy (non-hydrogen) atoms. The molecule has 0 spiro atoms. The molecule has 6 heteroatoms. The highest BCUT2D eigenvalue weighted by Gasteiger charge is 2.19. The number of esters is 3. The van der Waals surface area contributed by atoms with Crippen molar-refractivity contribution in [3.05, 3.63) is 109 Å². The number of unbranched alkanes of at least 4 members (excludes halogenated alkanes) is 31. The first-order chi connectivity index (χ1) is 39.0. The highest BCUT2D eigenvalue weighted by molar-refractivity contribution is 5.71. The molecule has 452 valence electrons. The number of ether oxygens (including phenoxy) is 3. The molecule has 0 aromatic rings. The minimum absolute atomic E-state index is 0.104. The minimum Gasteiger partial charge on any atom is -0.462 e. The van der Waals surface area contributed by atoms with Crippen LogP contribution in [0.4, 0.5) is 0 Å². The Morgan fingerprint density at radius 3 is 0.848 bits per heavy atom. The van der Waals surface area contributed by atoms with E-state index in [1.165, 1.54) is 180 Å². The van der Waals surface area contributed by atoms with Gasteiger partial charge in [-0.25, -0.2) is 0 Å². The Morgan fingerprint density at radius 2 is 0.519 bits per heavy atom. The topological polar surface area (TPSA) is 78.9 Å². The van der Waals surface area contributed by atoms with E-state index in [0.717, 1.165) is 89.9 Å². The minimum atomic E-state index is -0.814. The number of carbonyl (C=O) groups is 3. The quantitative estimate of drug-likeness (QED) is 0.0261. The Morgan fingerprint density at radius 1 is 0.266 bits per heavy atom. The van der Waals surface area contributed by atoms with Gasteiger partial charge >= 0.3 is 17.9 Å². The third-order valence-corrected chi connectivity index (χ3v) is 14.2. The van der Waals surface area contributed by atoms with Gasteiger partial charge in [-0.05, 0) is 116 Å². The molecule has 0 aromatic carbocycles. The number of carbonyl (C=O) groups excluding carboxylic acids is 3. The second-order valence-electron chi connectivity index (χ2n) is 22.0. The predicted molar refractivity (Wildman–Crippen MR) is 343 cm³/mol. The maximum absolute atomic E-state index is 12.9. The first-order valence-electron chi connectivity index (χ1n) is 33.4. The summed E-state index contributed by atoms with van der Waals surface area (Å²) in [6.07, 6.45) is 91.2. The summed E-state index contributed by atoms with van der Waals surface area (Å²) in [5, 5.41) is 0. The van der Waals surface area contributed by atoms with Crippen LogP contribution in [0.3, 0.4) is 0 Å². The van der Waals surface area contributed by atoms with Gasteiger partial charge in [-0.1, -0.05) is 291 Å². The predicted octanol–water partition coefficient (Wildman–Crippen LogP) is 23.0. The Balaban J connectivity index is 4.36. The van der Waals surface area contributed by atoms with Gasteiger partial charge in [-0.15, -0.1) is 0 Å². The molecule has 0 N–H and O–H groups in total. The lowest BCUT2D eigenvalue weighted by Gasteiger charge is -2.18. The smallest absolute Gasteiger partial charge is 0.306 e. The molecule has 6 nitrogen and oxygen atoms in total. The Kier molecular flexibility index (Phi) is 63.3. The van der Waals surface area contributed by atoms with E-state index in [4.69, 9.17) is 14.2 Å². The molecule has 0 saturated heterocycles. The van der Waals surface area contributed by atoms with Gasteiger partial charge in [-0.2, -0.15) is 0 Å². The Bertz CT molecular complexity index is 1590. The second kappa shape index (κ2) is 66.6. The lowest BCUT2D eigenvalue weighted by molar-refractivity contribution is -0.166. The fourth-order valence-corrected chi connectivity index (χ4v) is 9.26. The zero-order valence-corrected chi connectivity index (χ0v) is 51.9. The standard InChI is InChI=1S/C73H124O6/c1-4-7-10-13-16-19-22-25-27-29-31-33-35-36-38-39-41-43-45-48-51-54-57-60-63-66-72(75)78-69-70(68-77-71(74)65-62-59-56-53-50-47-24-21-18-15-12-9-6-3)79-73(76)67-64-61-58-55-52-49-46-44-42-40-37-34-32-30-28-26-23-20-17-14-11-8-5-2/h9,12,18,21-23,25-26,29-32,37,40,47,50,56,59,70H,4-8,10-11,13-17,19-20,24,27-28,33-36,38-39,41-46,48-49,51-55,57-58,60-69H2,1-3H3/b12-9-,21-18-,25-22-,26-23-,31-29-,32-30-,40-37-,50-47-,59-56-. The molecule has 0 radical (unpaired) electrons. The fourth-order valence-electron chi connectivity index (χ4n) is 9.26. The van der Waals surface area contributed by atoms with Crippen molar-refractivity contribution in [2.24, 2.45) is 0 Å². The summed E-state index contributed by atoms with van der Waals surface area (Å²) in [7, 11) is 0. The van der Waals surface area contributed by atoms with E-state index in [-0.39, 0.29) is 37.5 Å². The summed E-state index contributed by atoms with van der Waals surface area (Å²) in [4.78, 5) is 38.3. The van der Waals surface area contributed by atoms with Gasteiger partial charge in [0.25, 0.3) is 0 Å². The van der Waals surface area contributed by atoms with Crippen molar-refractivity contribution in [1.82, 2.24) is 0 Å². The molecule has 0 aliphatic rings. The Labute approximate surface area is 489 Å². The molecular formula is C73H124O6. The van der Waals surface area contributed by atoms with Crippen molar-refractivity contribution in [2.45, 2.75) is 322 Å². The molecule has 1 unspecified atom stereocenters. The van der Waals surface area contributed by atoms with E-state index >= 15 is 0 Å². The van der Waals surface area contributed by atoms with Gasteiger partial charge in [0.15, 0.2) is 6.10 Å². The van der Waals surface area contributed by atoms with E-state index < -0.39 is 6.10 Å². The SMILES string of the molecule is CC/C=C\C/C=C\C/C=C\C/C=C\CCC(=O)OCC(COC(=O)CCCCCCCCCCCCCCC/C=C\C/C=C\CCCCCCC)OC(=O)CCCCCCCCCC/C=C\C/C=C\C/C=C\CCCCCCC. The summed E-state index contributed by atoms with van der Waals surface area (Å²) in [5.74, 6) is -0.989. The van der Waals surface area contributed by atoms with Crippen molar-refractivity contribution in [3.8, 4) is 0 Å². The number of hydrogen-bond acceptors (Lipinski definition) is 6. The number of hydrogen-bond donors (Lipinski definition) is 0. The maximum atomic E-state index is 12.9. The molecule has 0 saturated carbocycles. The van der Waals surface area contributed by atoms with Crippen molar-refractivity contribution in [3.63, 3.8) is 0 Å². The molecule has 0 rings (SSSR count). The van der Waals surface area contributed by atoms with Crippen LogP contribution in [-0.4, -0.2) is 37.2 Å². The highest BCUT2D eigenvalue weighted by Crippen LogP contribution is 2.16. The monoisotopic (exact) mass is 1100 g/mol. The van der Waals surface area contributed by atoms with Crippen LogP contribution >= 0.6 is 0 Å². The molecule has 0 aliphatic carbocycles. The van der Waals surface area contributed by atoms with Gasteiger partial charge in [0.1, 0.15) is 13.2 Å². The highest BCUT2D eigenvalue weighted by atomic mass is 16.6. The van der Waals surface area contributed by atoms with Crippen LogP contribution in [0.25, 0.3) is 0 Å². The zero-order chi connectivity index (χ0) is 57.1. The van der Waals surface area contributed by atoms with Gasteiger partial charge in [0.2, 0.25) is 0 Å². The summed E-state index contributed by atoms with van der Waals surface area (Å²) in [6, 6.07) is 0. The van der Waals surface area contributed by atoms with Crippen LogP contribution in [0.2, 0.25) is 0 Å². The summed E-state index contributed by atoms with van der Waals surface area (Å²) in [6.45, 7) is 6.46. The summed E-state index contributed by atoms with van der Waals surface area (Å²) in [5.41, 5.74) is 0. The van der Waals surface area contributed by atoms with Crippen molar-refractivity contribution < 1.29 is 28.6 Å². The molecular weight excluding hydrogens is 973 g/mol. The van der Waals surface area contributed by atoms with Crippen LogP contribution < -0.4 is 0 Å². The van der Waals surface area contributed by atoms with Crippen molar-refractivity contribution >= 4 is 17.9 Å². The first-order valence-corrected chi connectivity index (χ1v) is 33.4. The van der Waals surface area contributed by atoms with Crippen molar-refractivity contribution in [1.29, 1.82) is 0 Å². The van der Waals surface area contributed by atoms with Crippen LogP contribution in [-0.2, 0) is 28.6 Å². The molecule has 0 amide bonds. The lowest BCUT2D eigenvalue weighted by atomic mass is 10.0. The first kappa shape index (κ1) is 75.1. The summed E-state index contributed by atoms with van der Waals surface area (Å²) >= 11 is 0. The largest absolute Gasteiger partial charge is 0.462 e. The van der Waals surface area contributed by atoms with Crippen molar-refractivity contribution in [2.75, 3.05) is 13.2 Å². The van der Waals surface area contributed by atoms with Gasteiger partial charge < -0.3 is 14.2 Å². The van der Waals surface area contributed by atoms with Gasteiger partial charge in [-0.3, -0.25) is 14.4 Å². The van der Waals surface area contributed by atoms with E-state index in [1.54, 1.807) is 0 Å². The average molecular weight is 1100 g/mol. The van der Waals surface area contributed by atoms with Crippen LogP contribution in [0, 0.1) is 0 Å².